The van der Waals surface area contributed by atoms with Gasteiger partial charge in [0.05, 0.1) is 6.42 Å². The van der Waals surface area contributed by atoms with Gasteiger partial charge in [-0.2, -0.15) is 0 Å². The SMILES string of the molecule is CC(C)C(CC(=O)O)c1ccc2c(c1)OCO2. The number of benzene rings is 1. The predicted molar refractivity (Wildman–Crippen MR) is 62.4 cm³/mol. The van der Waals surface area contributed by atoms with Gasteiger partial charge in [0.2, 0.25) is 6.79 Å². The van der Waals surface area contributed by atoms with Crippen molar-refractivity contribution in [3.8, 4) is 11.5 Å². The standard InChI is InChI=1S/C13H16O4/c1-8(2)10(6-13(14)15)9-3-4-11-12(5-9)17-7-16-11/h3-5,8,10H,6-7H2,1-2H3,(H,14,15). The summed E-state index contributed by atoms with van der Waals surface area (Å²) in [5.41, 5.74) is 0.992. The zero-order valence-electron chi connectivity index (χ0n) is 9.97. The Morgan fingerprint density at radius 1 is 1.35 bits per heavy atom. The first-order valence-corrected chi connectivity index (χ1v) is 5.69. The van der Waals surface area contributed by atoms with E-state index in [9.17, 15) is 4.79 Å². The van der Waals surface area contributed by atoms with Crippen molar-refractivity contribution in [1.82, 2.24) is 0 Å². The third kappa shape index (κ3) is 2.52. The van der Waals surface area contributed by atoms with Crippen molar-refractivity contribution in [1.29, 1.82) is 0 Å². The fraction of sp³-hybridized carbons (Fsp3) is 0.462. The van der Waals surface area contributed by atoms with E-state index < -0.39 is 5.97 Å². The van der Waals surface area contributed by atoms with Gasteiger partial charge in [-0.3, -0.25) is 4.79 Å². The van der Waals surface area contributed by atoms with Gasteiger partial charge in [0.1, 0.15) is 0 Å². The normalized spacial score (nSPS) is 15.0. The van der Waals surface area contributed by atoms with Crippen LogP contribution >= 0.6 is 0 Å². The third-order valence-electron chi connectivity index (χ3n) is 3.02. The molecule has 17 heavy (non-hydrogen) atoms. The highest BCUT2D eigenvalue weighted by Gasteiger charge is 2.22. The summed E-state index contributed by atoms with van der Waals surface area (Å²) in [7, 11) is 0. The second-order valence-electron chi connectivity index (χ2n) is 4.56. The summed E-state index contributed by atoms with van der Waals surface area (Å²) in [5, 5.41) is 8.93. The van der Waals surface area contributed by atoms with Crippen molar-refractivity contribution in [3.05, 3.63) is 23.8 Å². The Morgan fingerprint density at radius 2 is 2.06 bits per heavy atom. The lowest BCUT2D eigenvalue weighted by Gasteiger charge is -2.19. The number of carboxylic acids is 1. The van der Waals surface area contributed by atoms with Gasteiger partial charge in [-0.05, 0) is 29.5 Å². The fourth-order valence-corrected chi connectivity index (χ4v) is 2.07. The number of ether oxygens (including phenoxy) is 2. The van der Waals surface area contributed by atoms with Crippen LogP contribution in [-0.4, -0.2) is 17.9 Å². The molecule has 0 fully saturated rings. The first-order chi connectivity index (χ1) is 8.08. The van der Waals surface area contributed by atoms with E-state index in [0.29, 0.717) is 5.75 Å². The molecule has 0 saturated carbocycles. The van der Waals surface area contributed by atoms with Crippen LogP contribution in [0.5, 0.6) is 11.5 Å². The summed E-state index contributed by atoms with van der Waals surface area (Å²) < 4.78 is 10.5. The van der Waals surface area contributed by atoms with Crippen LogP contribution in [0, 0.1) is 5.92 Å². The summed E-state index contributed by atoms with van der Waals surface area (Å²) in [6.07, 6.45) is 0.136. The number of hydrogen-bond acceptors (Lipinski definition) is 3. The van der Waals surface area contributed by atoms with E-state index in [-0.39, 0.29) is 25.0 Å². The van der Waals surface area contributed by atoms with Crippen molar-refractivity contribution in [2.75, 3.05) is 6.79 Å². The highest BCUT2D eigenvalue weighted by atomic mass is 16.7. The molecule has 1 aliphatic heterocycles. The van der Waals surface area contributed by atoms with Gasteiger partial charge >= 0.3 is 5.97 Å². The minimum Gasteiger partial charge on any atom is -0.481 e. The summed E-state index contributed by atoms with van der Waals surface area (Å²) in [5.74, 6) is 0.931. The van der Waals surface area contributed by atoms with E-state index in [0.717, 1.165) is 11.3 Å². The summed E-state index contributed by atoms with van der Waals surface area (Å²) in [6, 6.07) is 5.64. The molecule has 0 amide bonds. The molecule has 1 aromatic carbocycles. The molecule has 0 aromatic heterocycles. The highest BCUT2D eigenvalue weighted by molar-refractivity contribution is 5.68. The number of aliphatic carboxylic acids is 1. The van der Waals surface area contributed by atoms with E-state index in [1.54, 1.807) is 0 Å². The van der Waals surface area contributed by atoms with Gasteiger partial charge in [-0.1, -0.05) is 19.9 Å². The Balaban J connectivity index is 2.27. The van der Waals surface area contributed by atoms with Gasteiger partial charge in [0.25, 0.3) is 0 Å². The maximum atomic E-state index is 10.9. The second kappa shape index (κ2) is 4.65. The molecule has 0 radical (unpaired) electrons. The summed E-state index contributed by atoms with van der Waals surface area (Å²) in [6.45, 7) is 4.29. The van der Waals surface area contributed by atoms with Crippen molar-refractivity contribution >= 4 is 5.97 Å². The highest BCUT2D eigenvalue weighted by Crippen LogP contribution is 2.37. The summed E-state index contributed by atoms with van der Waals surface area (Å²) >= 11 is 0. The van der Waals surface area contributed by atoms with Crippen LogP contribution in [0.15, 0.2) is 18.2 Å². The van der Waals surface area contributed by atoms with Crippen LogP contribution in [0.25, 0.3) is 0 Å². The molecule has 92 valence electrons. The molecule has 4 nitrogen and oxygen atoms in total. The lowest BCUT2D eigenvalue weighted by Crippen LogP contribution is -2.12. The Kier molecular flexibility index (Phi) is 3.22. The molecule has 0 bridgehead atoms. The van der Waals surface area contributed by atoms with Crippen LogP contribution in [0.2, 0.25) is 0 Å². The number of carbonyl (C=O) groups is 1. The van der Waals surface area contributed by atoms with Gasteiger partial charge in [0, 0.05) is 0 Å². The quantitative estimate of drug-likeness (QED) is 0.873. The molecule has 1 aliphatic rings. The molecule has 0 spiro atoms. The molecule has 1 unspecified atom stereocenters. The van der Waals surface area contributed by atoms with Gasteiger partial charge in [0.15, 0.2) is 11.5 Å². The van der Waals surface area contributed by atoms with E-state index in [1.165, 1.54) is 0 Å². The molecular weight excluding hydrogens is 220 g/mol. The van der Waals surface area contributed by atoms with Crippen LogP contribution in [0.4, 0.5) is 0 Å². The van der Waals surface area contributed by atoms with Crippen LogP contribution < -0.4 is 9.47 Å². The maximum Gasteiger partial charge on any atom is 0.303 e. The van der Waals surface area contributed by atoms with Crippen LogP contribution in [0.3, 0.4) is 0 Å². The largest absolute Gasteiger partial charge is 0.481 e. The Labute approximate surface area is 100 Å². The minimum atomic E-state index is -0.777. The minimum absolute atomic E-state index is 0.00185. The monoisotopic (exact) mass is 236 g/mol. The maximum absolute atomic E-state index is 10.9. The topological polar surface area (TPSA) is 55.8 Å². The van der Waals surface area contributed by atoms with Gasteiger partial charge in [-0.15, -0.1) is 0 Å². The van der Waals surface area contributed by atoms with Crippen molar-refractivity contribution < 1.29 is 19.4 Å². The Morgan fingerprint density at radius 3 is 2.71 bits per heavy atom. The Hall–Kier alpha value is -1.71. The number of carboxylic acid groups (broad SMARTS) is 1. The van der Waals surface area contributed by atoms with Crippen molar-refractivity contribution in [2.45, 2.75) is 26.2 Å². The fourth-order valence-electron chi connectivity index (χ4n) is 2.07. The molecular formula is C13H16O4. The average Bonchev–Trinajstić information content (AvgIpc) is 2.72. The molecule has 4 heteroatoms. The van der Waals surface area contributed by atoms with Crippen molar-refractivity contribution in [3.63, 3.8) is 0 Å². The zero-order valence-corrected chi connectivity index (χ0v) is 9.97. The van der Waals surface area contributed by atoms with Crippen LogP contribution in [0.1, 0.15) is 31.7 Å². The number of rotatable bonds is 4. The summed E-state index contributed by atoms with van der Waals surface area (Å²) in [4.78, 5) is 10.9. The molecule has 1 heterocycles. The Bertz CT molecular complexity index is 425. The smallest absolute Gasteiger partial charge is 0.303 e. The molecule has 2 rings (SSSR count). The molecule has 1 N–H and O–H groups in total. The van der Waals surface area contributed by atoms with E-state index in [4.69, 9.17) is 14.6 Å². The first-order valence-electron chi connectivity index (χ1n) is 5.69. The zero-order chi connectivity index (χ0) is 12.4. The average molecular weight is 236 g/mol. The van der Waals surface area contributed by atoms with E-state index in [2.05, 4.69) is 0 Å². The first kappa shape index (κ1) is 11.8. The van der Waals surface area contributed by atoms with Crippen LogP contribution in [-0.2, 0) is 4.79 Å². The number of hydrogen-bond donors (Lipinski definition) is 1. The van der Waals surface area contributed by atoms with Gasteiger partial charge < -0.3 is 14.6 Å². The van der Waals surface area contributed by atoms with E-state index >= 15 is 0 Å². The molecule has 0 aliphatic carbocycles. The second-order valence-corrected chi connectivity index (χ2v) is 4.56. The third-order valence-corrected chi connectivity index (χ3v) is 3.02. The molecule has 0 saturated heterocycles. The van der Waals surface area contributed by atoms with Crippen molar-refractivity contribution in [2.24, 2.45) is 5.92 Å². The number of fused-ring (bicyclic) bond motifs is 1. The van der Waals surface area contributed by atoms with Gasteiger partial charge in [-0.25, -0.2) is 0 Å². The molecule has 1 atom stereocenters. The van der Waals surface area contributed by atoms with E-state index in [1.807, 2.05) is 32.0 Å². The lowest BCUT2D eigenvalue weighted by atomic mass is 9.85. The predicted octanol–water partition coefficient (Wildman–Crippen LogP) is 2.63. The molecule has 1 aromatic rings. The lowest BCUT2D eigenvalue weighted by molar-refractivity contribution is -0.137.